The summed E-state index contributed by atoms with van der Waals surface area (Å²) in [6, 6.07) is 10.0. The normalized spacial score (nSPS) is 13.2. The molecule has 1 heterocycles. The van der Waals surface area contributed by atoms with Gasteiger partial charge in [-0.25, -0.2) is 0 Å². The van der Waals surface area contributed by atoms with Crippen molar-refractivity contribution in [2.75, 3.05) is 11.9 Å². The van der Waals surface area contributed by atoms with Crippen molar-refractivity contribution in [3.8, 4) is 0 Å². The van der Waals surface area contributed by atoms with Crippen molar-refractivity contribution in [2.45, 2.75) is 18.9 Å². The van der Waals surface area contributed by atoms with E-state index >= 15 is 0 Å². The Morgan fingerprint density at radius 3 is 2.61 bits per heavy atom. The van der Waals surface area contributed by atoms with Crippen LogP contribution in [-0.2, 0) is 16.0 Å². The highest BCUT2D eigenvalue weighted by Gasteiger charge is 2.25. The summed E-state index contributed by atoms with van der Waals surface area (Å²) in [7, 11) is 0. The van der Waals surface area contributed by atoms with Crippen LogP contribution in [0.25, 0.3) is 0 Å². The second-order valence-corrected chi connectivity index (χ2v) is 5.78. The van der Waals surface area contributed by atoms with Crippen molar-refractivity contribution in [3.63, 3.8) is 0 Å². The second kappa shape index (κ2) is 7.30. The Balaban J connectivity index is 1.86. The third kappa shape index (κ3) is 5.12. The average molecular weight is 337 g/mol. The van der Waals surface area contributed by atoms with Crippen molar-refractivity contribution in [1.82, 2.24) is 5.32 Å². The molecule has 3 N–H and O–H groups in total. The molecule has 2 rings (SSSR count). The van der Waals surface area contributed by atoms with E-state index < -0.39 is 17.4 Å². The van der Waals surface area contributed by atoms with Crippen LogP contribution in [0.1, 0.15) is 12.7 Å². The van der Waals surface area contributed by atoms with Gasteiger partial charge in [0.1, 0.15) is 5.76 Å². The maximum absolute atomic E-state index is 11.8. The summed E-state index contributed by atoms with van der Waals surface area (Å²) in [5.74, 6) is -1.12. The van der Waals surface area contributed by atoms with Crippen molar-refractivity contribution in [2.24, 2.45) is 0 Å². The molecule has 0 spiro atoms. The molecule has 0 aliphatic heterocycles. The van der Waals surface area contributed by atoms with Crippen LogP contribution in [0, 0.1) is 0 Å². The van der Waals surface area contributed by atoms with E-state index in [4.69, 9.17) is 16.0 Å². The minimum absolute atomic E-state index is 0.0948. The van der Waals surface area contributed by atoms with Crippen LogP contribution in [0.15, 0.2) is 47.1 Å². The summed E-state index contributed by atoms with van der Waals surface area (Å²) >= 11 is 5.91. The van der Waals surface area contributed by atoms with Gasteiger partial charge in [-0.2, -0.15) is 0 Å². The number of benzene rings is 1. The molecular weight excluding hydrogens is 320 g/mol. The van der Waals surface area contributed by atoms with Gasteiger partial charge in [-0.05, 0) is 31.2 Å². The third-order valence-electron chi connectivity index (χ3n) is 3.09. The number of halogens is 1. The molecule has 122 valence electrons. The number of carbonyl (C=O) groups is 2. The number of amides is 2. The largest absolute Gasteiger partial charge is 0.469 e. The highest BCUT2D eigenvalue weighted by Crippen LogP contribution is 2.20. The Bertz CT molecular complexity index is 683. The zero-order chi connectivity index (χ0) is 16.9. The Morgan fingerprint density at radius 2 is 1.96 bits per heavy atom. The molecule has 23 heavy (non-hydrogen) atoms. The molecule has 0 aliphatic rings. The number of hydrogen-bond donors (Lipinski definition) is 3. The number of aliphatic hydroxyl groups is 1. The zero-order valence-corrected chi connectivity index (χ0v) is 13.3. The van der Waals surface area contributed by atoms with Gasteiger partial charge in [-0.15, -0.1) is 0 Å². The molecule has 0 saturated carbocycles. The van der Waals surface area contributed by atoms with Crippen molar-refractivity contribution in [3.05, 3.63) is 53.4 Å². The minimum atomic E-state index is -1.24. The van der Waals surface area contributed by atoms with Crippen LogP contribution in [-0.4, -0.2) is 29.1 Å². The molecule has 2 amide bonds. The van der Waals surface area contributed by atoms with Gasteiger partial charge in [0.15, 0.2) is 0 Å². The fraction of sp³-hybridized carbons (Fsp3) is 0.250. The Labute approximate surface area is 138 Å². The fourth-order valence-electron chi connectivity index (χ4n) is 1.94. The highest BCUT2D eigenvalue weighted by molar-refractivity contribution is 6.41. The summed E-state index contributed by atoms with van der Waals surface area (Å²) in [6.45, 7) is 1.45. The topological polar surface area (TPSA) is 91.6 Å². The van der Waals surface area contributed by atoms with Crippen molar-refractivity contribution in [1.29, 1.82) is 0 Å². The molecule has 1 atom stereocenters. The molecule has 0 saturated heterocycles. The average Bonchev–Trinajstić information content (AvgIpc) is 2.99. The van der Waals surface area contributed by atoms with E-state index in [2.05, 4.69) is 10.6 Å². The lowest BCUT2D eigenvalue weighted by atomic mass is 10.0. The van der Waals surface area contributed by atoms with E-state index in [1.54, 1.807) is 43.3 Å². The first-order valence-electron chi connectivity index (χ1n) is 6.96. The molecule has 0 aliphatic carbocycles. The summed E-state index contributed by atoms with van der Waals surface area (Å²) in [4.78, 5) is 23.6. The van der Waals surface area contributed by atoms with Gasteiger partial charge in [-0.1, -0.05) is 23.7 Å². The van der Waals surface area contributed by atoms with E-state index in [9.17, 15) is 14.7 Å². The van der Waals surface area contributed by atoms with Gasteiger partial charge < -0.3 is 20.2 Å². The van der Waals surface area contributed by atoms with Gasteiger partial charge in [0.2, 0.25) is 0 Å². The van der Waals surface area contributed by atoms with Gasteiger partial charge in [0, 0.05) is 13.0 Å². The molecule has 6 nitrogen and oxygen atoms in total. The maximum atomic E-state index is 11.8. The fourth-order valence-corrected chi connectivity index (χ4v) is 2.13. The Kier molecular flexibility index (Phi) is 5.41. The number of para-hydroxylation sites is 1. The third-order valence-corrected chi connectivity index (χ3v) is 3.42. The monoisotopic (exact) mass is 336 g/mol. The van der Waals surface area contributed by atoms with Gasteiger partial charge >= 0.3 is 11.8 Å². The Morgan fingerprint density at radius 1 is 1.22 bits per heavy atom. The lowest BCUT2D eigenvalue weighted by molar-refractivity contribution is -0.136. The molecule has 0 fully saturated rings. The number of hydrogen-bond acceptors (Lipinski definition) is 4. The maximum Gasteiger partial charge on any atom is 0.313 e. The van der Waals surface area contributed by atoms with E-state index in [-0.39, 0.29) is 13.0 Å². The van der Waals surface area contributed by atoms with Crippen LogP contribution in [0.3, 0.4) is 0 Å². The van der Waals surface area contributed by atoms with Crippen LogP contribution in [0.2, 0.25) is 5.02 Å². The number of rotatable bonds is 5. The van der Waals surface area contributed by atoms with Crippen molar-refractivity contribution >= 4 is 29.1 Å². The number of nitrogens with one attached hydrogen (secondary N) is 2. The second-order valence-electron chi connectivity index (χ2n) is 5.37. The first kappa shape index (κ1) is 17.1. The van der Waals surface area contributed by atoms with Gasteiger partial charge in [-0.3, -0.25) is 9.59 Å². The van der Waals surface area contributed by atoms with E-state index in [1.165, 1.54) is 6.26 Å². The molecule has 7 heteroatoms. The van der Waals surface area contributed by atoms with E-state index in [1.807, 2.05) is 0 Å². The van der Waals surface area contributed by atoms with Crippen molar-refractivity contribution < 1.29 is 19.1 Å². The SMILES string of the molecule is C[C@@](O)(CNC(=O)C(=O)Nc1ccccc1Cl)Cc1ccco1. The molecule has 1 aromatic heterocycles. The molecule has 2 aromatic rings. The van der Waals surface area contributed by atoms with Gasteiger partial charge in [0.05, 0.1) is 22.6 Å². The summed E-state index contributed by atoms with van der Waals surface area (Å²) in [6.07, 6.45) is 1.72. The molecule has 0 unspecified atom stereocenters. The summed E-state index contributed by atoms with van der Waals surface area (Å²) in [5.41, 5.74) is -0.894. The first-order chi connectivity index (χ1) is 10.9. The molecular formula is C16H17ClN2O4. The standard InChI is InChI=1S/C16H17ClN2O4/c1-16(22,9-11-5-4-8-23-11)10-18-14(20)15(21)19-13-7-3-2-6-12(13)17/h2-8,22H,9-10H2,1H3,(H,18,20)(H,19,21)/t16-/m0/s1. The predicted molar refractivity (Wildman–Crippen MR) is 86.1 cm³/mol. The molecule has 0 bridgehead atoms. The predicted octanol–water partition coefficient (Wildman–Crippen LogP) is 1.98. The summed E-state index contributed by atoms with van der Waals surface area (Å²) < 4.78 is 5.15. The lowest BCUT2D eigenvalue weighted by Crippen LogP contribution is -2.45. The van der Waals surface area contributed by atoms with Crippen LogP contribution in [0.4, 0.5) is 5.69 Å². The highest BCUT2D eigenvalue weighted by atomic mass is 35.5. The number of anilines is 1. The molecule has 1 aromatic carbocycles. The van der Waals surface area contributed by atoms with E-state index in [0.29, 0.717) is 16.5 Å². The Hall–Kier alpha value is -2.31. The first-order valence-corrected chi connectivity index (χ1v) is 7.34. The molecule has 0 radical (unpaired) electrons. The smallest absolute Gasteiger partial charge is 0.313 e. The zero-order valence-electron chi connectivity index (χ0n) is 12.5. The minimum Gasteiger partial charge on any atom is -0.469 e. The quantitative estimate of drug-likeness (QED) is 0.728. The van der Waals surface area contributed by atoms with Crippen LogP contribution < -0.4 is 10.6 Å². The number of furan rings is 1. The van der Waals surface area contributed by atoms with Gasteiger partial charge in [0.25, 0.3) is 0 Å². The summed E-state index contributed by atoms with van der Waals surface area (Å²) in [5, 5.41) is 15.4. The van der Waals surface area contributed by atoms with Crippen LogP contribution in [0.5, 0.6) is 0 Å². The number of carbonyl (C=O) groups excluding carboxylic acids is 2. The van der Waals surface area contributed by atoms with E-state index in [0.717, 1.165) is 0 Å². The lowest BCUT2D eigenvalue weighted by Gasteiger charge is -2.22. The van der Waals surface area contributed by atoms with Crippen LogP contribution >= 0.6 is 11.6 Å².